The van der Waals surface area contributed by atoms with E-state index in [4.69, 9.17) is 14.2 Å². The fourth-order valence-corrected chi connectivity index (χ4v) is 3.61. The number of methoxy groups -OCH3 is 2. The maximum absolute atomic E-state index is 12.5. The number of carbonyl (C=O) groups excluding carboxylic acids is 2. The topological polar surface area (TPSA) is 80.3 Å². The minimum absolute atomic E-state index is 0.0901. The summed E-state index contributed by atoms with van der Waals surface area (Å²) in [4.78, 5) is 29.0. The van der Waals surface area contributed by atoms with Crippen LogP contribution in [0.1, 0.15) is 19.3 Å². The summed E-state index contributed by atoms with van der Waals surface area (Å²) in [6, 6.07) is 5.26. The summed E-state index contributed by atoms with van der Waals surface area (Å²) in [6.07, 6.45) is 2.33. The molecule has 0 bridgehead atoms. The third kappa shape index (κ3) is 5.36. The minimum Gasteiger partial charge on any atom is -0.497 e. The van der Waals surface area contributed by atoms with Gasteiger partial charge < -0.3 is 24.4 Å². The lowest BCUT2D eigenvalue weighted by atomic mass is 10.2. The van der Waals surface area contributed by atoms with Gasteiger partial charge in [0.2, 0.25) is 5.91 Å². The molecule has 2 saturated heterocycles. The summed E-state index contributed by atoms with van der Waals surface area (Å²) >= 11 is 0. The first kappa shape index (κ1) is 20.4. The number of anilines is 1. The minimum atomic E-state index is -0.280. The molecular formula is C20H29N3O5. The SMILES string of the molecule is COc1cc(NC(=O)CN2CCCN(C(=O)C3CCCO3)CC2)cc(OC)c1. The van der Waals surface area contributed by atoms with Gasteiger partial charge in [-0.15, -0.1) is 0 Å². The lowest BCUT2D eigenvalue weighted by Crippen LogP contribution is -2.42. The van der Waals surface area contributed by atoms with Crippen molar-refractivity contribution in [1.82, 2.24) is 9.80 Å². The number of benzene rings is 1. The van der Waals surface area contributed by atoms with Gasteiger partial charge in [-0.3, -0.25) is 14.5 Å². The molecule has 8 nitrogen and oxygen atoms in total. The Labute approximate surface area is 165 Å². The molecule has 8 heteroatoms. The van der Waals surface area contributed by atoms with Gasteiger partial charge in [0.15, 0.2) is 0 Å². The third-order valence-electron chi connectivity index (χ3n) is 5.11. The van der Waals surface area contributed by atoms with Crippen LogP contribution in [-0.4, -0.2) is 81.3 Å². The highest BCUT2D eigenvalue weighted by atomic mass is 16.5. The Morgan fingerprint density at radius 1 is 1.07 bits per heavy atom. The monoisotopic (exact) mass is 391 g/mol. The van der Waals surface area contributed by atoms with E-state index in [9.17, 15) is 9.59 Å². The quantitative estimate of drug-likeness (QED) is 0.789. The maximum Gasteiger partial charge on any atom is 0.251 e. The van der Waals surface area contributed by atoms with Crippen molar-refractivity contribution < 1.29 is 23.8 Å². The van der Waals surface area contributed by atoms with Crippen LogP contribution in [0.3, 0.4) is 0 Å². The summed E-state index contributed by atoms with van der Waals surface area (Å²) in [6.45, 7) is 3.74. The van der Waals surface area contributed by atoms with Crippen molar-refractivity contribution in [3.05, 3.63) is 18.2 Å². The summed E-state index contributed by atoms with van der Waals surface area (Å²) in [5, 5.41) is 2.90. The van der Waals surface area contributed by atoms with Crippen molar-refractivity contribution in [2.45, 2.75) is 25.4 Å². The Bertz CT molecular complexity index is 668. The number of carbonyl (C=O) groups is 2. The van der Waals surface area contributed by atoms with E-state index in [1.807, 2.05) is 4.90 Å². The van der Waals surface area contributed by atoms with Gasteiger partial charge in [-0.2, -0.15) is 0 Å². The normalized spacial score (nSPS) is 20.5. The van der Waals surface area contributed by atoms with Gasteiger partial charge in [-0.05, 0) is 19.3 Å². The van der Waals surface area contributed by atoms with Gasteiger partial charge in [0.05, 0.1) is 20.8 Å². The van der Waals surface area contributed by atoms with E-state index in [0.717, 1.165) is 25.8 Å². The molecule has 154 valence electrons. The molecule has 0 radical (unpaired) electrons. The molecule has 2 aliphatic rings. The molecule has 28 heavy (non-hydrogen) atoms. The average molecular weight is 391 g/mol. The highest BCUT2D eigenvalue weighted by Crippen LogP contribution is 2.25. The Morgan fingerprint density at radius 2 is 1.82 bits per heavy atom. The molecule has 0 saturated carbocycles. The van der Waals surface area contributed by atoms with Crippen LogP contribution in [0.15, 0.2) is 18.2 Å². The van der Waals surface area contributed by atoms with Crippen LogP contribution in [0.2, 0.25) is 0 Å². The van der Waals surface area contributed by atoms with Crippen LogP contribution in [0.4, 0.5) is 5.69 Å². The van der Waals surface area contributed by atoms with Crippen molar-refractivity contribution in [1.29, 1.82) is 0 Å². The van der Waals surface area contributed by atoms with Gasteiger partial charge in [0, 0.05) is 56.7 Å². The summed E-state index contributed by atoms with van der Waals surface area (Å²) in [5.74, 6) is 1.22. The Hall–Kier alpha value is -2.32. The molecule has 1 atom stereocenters. The first-order chi connectivity index (χ1) is 13.6. The molecule has 2 fully saturated rings. The second kappa shape index (κ2) is 9.75. The van der Waals surface area contributed by atoms with Gasteiger partial charge in [-0.1, -0.05) is 0 Å². The third-order valence-corrected chi connectivity index (χ3v) is 5.11. The lowest BCUT2D eigenvalue weighted by Gasteiger charge is -2.24. The maximum atomic E-state index is 12.5. The zero-order chi connectivity index (χ0) is 19.9. The highest BCUT2D eigenvalue weighted by molar-refractivity contribution is 5.92. The van der Waals surface area contributed by atoms with E-state index in [1.54, 1.807) is 32.4 Å². The molecule has 1 aromatic rings. The Morgan fingerprint density at radius 3 is 2.46 bits per heavy atom. The van der Waals surface area contributed by atoms with E-state index in [0.29, 0.717) is 43.4 Å². The van der Waals surface area contributed by atoms with Crippen LogP contribution in [0.5, 0.6) is 11.5 Å². The smallest absolute Gasteiger partial charge is 0.251 e. The van der Waals surface area contributed by atoms with E-state index >= 15 is 0 Å². The molecule has 0 aliphatic carbocycles. The van der Waals surface area contributed by atoms with Crippen LogP contribution in [-0.2, 0) is 14.3 Å². The predicted molar refractivity (Wildman–Crippen MR) is 105 cm³/mol. The summed E-state index contributed by atoms with van der Waals surface area (Å²) in [7, 11) is 3.14. The lowest BCUT2D eigenvalue weighted by molar-refractivity contribution is -0.140. The number of ether oxygens (including phenoxy) is 3. The molecule has 0 spiro atoms. The number of nitrogens with zero attached hydrogens (tertiary/aromatic N) is 2. The molecule has 2 aliphatic heterocycles. The number of hydrogen-bond donors (Lipinski definition) is 1. The fourth-order valence-electron chi connectivity index (χ4n) is 3.61. The second-order valence-corrected chi connectivity index (χ2v) is 7.11. The van der Waals surface area contributed by atoms with Gasteiger partial charge in [-0.25, -0.2) is 0 Å². The molecule has 3 rings (SSSR count). The van der Waals surface area contributed by atoms with E-state index < -0.39 is 0 Å². The molecule has 2 heterocycles. The number of hydrogen-bond acceptors (Lipinski definition) is 6. The number of rotatable bonds is 6. The van der Waals surface area contributed by atoms with Gasteiger partial charge in [0.1, 0.15) is 17.6 Å². The molecule has 2 amide bonds. The zero-order valence-electron chi connectivity index (χ0n) is 16.6. The first-order valence-electron chi connectivity index (χ1n) is 9.74. The molecule has 1 unspecified atom stereocenters. The van der Waals surface area contributed by atoms with Crippen LogP contribution >= 0.6 is 0 Å². The first-order valence-corrected chi connectivity index (χ1v) is 9.74. The molecule has 1 aromatic carbocycles. The molecule has 0 aromatic heterocycles. The average Bonchev–Trinajstić information content (AvgIpc) is 3.14. The molecule has 1 N–H and O–H groups in total. The number of amides is 2. The zero-order valence-corrected chi connectivity index (χ0v) is 16.6. The largest absolute Gasteiger partial charge is 0.497 e. The van der Waals surface area contributed by atoms with Crippen LogP contribution in [0, 0.1) is 0 Å². The van der Waals surface area contributed by atoms with Crippen molar-refractivity contribution in [3.63, 3.8) is 0 Å². The van der Waals surface area contributed by atoms with Crippen molar-refractivity contribution in [2.75, 3.05) is 58.9 Å². The second-order valence-electron chi connectivity index (χ2n) is 7.11. The van der Waals surface area contributed by atoms with Crippen molar-refractivity contribution in [2.24, 2.45) is 0 Å². The number of nitrogens with one attached hydrogen (secondary N) is 1. The van der Waals surface area contributed by atoms with Gasteiger partial charge in [0.25, 0.3) is 5.91 Å². The predicted octanol–water partition coefficient (Wildman–Crippen LogP) is 1.36. The fraction of sp³-hybridized carbons (Fsp3) is 0.600. The van der Waals surface area contributed by atoms with Gasteiger partial charge >= 0.3 is 0 Å². The van der Waals surface area contributed by atoms with Crippen molar-refractivity contribution in [3.8, 4) is 11.5 Å². The standard InChI is InChI=1S/C20H29N3O5/c1-26-16-11-15(12-17(13-16)27-2)21-19(24)14-22-6-4-7-23(9-8-22)20(25)18-5-3-10-28-18/h11-13,18H,3-10,14H2,1-2H3,(H,21,24). The highest BCUT2D eigenvalue weighted by Gasteiger charge is 2.29. The summed E-state index contributed by atoms with van der Waals surface area (Å²) < 4.78 is 16.0. The van der Waals surface area contributed by atoms with E-state index in [-0.39, 0.29) is 24.5 Å². The van der Waals surface area contributed by atoms with Crippen LogP contribution in [0.25, 0.3) is 0 Å². The van der Waals surface area contributed by atoms with Crippen LogP contribution < -0.4 is 14.8 Å². The summed E-state index contributed by atoms with van der Waals surface area (Å²) in [5.41, 5.74) is 0.631. The van der Waals surface area contributed by atoms with Crippen molar-refractivity contribution >= 4 is 17.5 Å². The molecular weight excluding hydrogens is 362 g/mol. The Balaban J connectivity index is 1.51. The van der Waals surface area contributed by atoms with E-state index in [2.05, 4.69) is 10.2 Å². The van der Waals surface area contributed by atoms with E-state index in [1.165, 1.54) is 0 Å². The Kier molecular flexibility index (Phi) is 7.11.